The van der Waals surface area contributed by atoms with E-state index in [9.17, 15) is 24.2 Å². The molecule has 0 unspecified atom stereocenters. The number of para-hydroxylation sites is 1. The summed E-state index contributed by atoms with van der Waals surface area (Å²) in [4.78, 5) is 10.5. The maximum absolute atomic E-state index is 12.4. The lowest BCUT2D eigenvalue weighted by molar-refractivity contribution is 0.112. The van der Waals surface area contributed by atoms with E-state index in [2.05, 4.69) is 4.18 Å². The molecule has 126 valence electrons. The monoisotopic (exact) mass is 354 g/mol. The highest BCUT2D eigenvalue weighted by atomic mass is 32.5. The summed E-state index contributed by atoms with van der Waals surface area (Å²) < 4.78 is 70.5. The summed E-state index contributed by atoms with van der Waals surface area (Å²) in [5, 5.41) is 0. The summed E-state index contributed by atoms with van der Waals surface area (Å²) in [6.45, 7) is -0.412. The molecule has 0 aromatic heterocycles. The molecule has 0 aliphatic heterocycles. The van der Waals surface area contributed by atoms with Crippen molar-refractivity contribution in [2.75, 3.05) is 0 Å². The van der Waals surface area contributed by atoms with Gasteiger partial charge in [-0.25, -0.2) is 0 Å². The summed E-state index contributed by atoms with van der Waals surface area (Å²) in [5.74, 6) is -0.756. The van der Waals surface area contributed by atoms with Crippen LogP contribution in [-0.4, -0.2) is 6.29 Å². The predicted molar refractivity (Wildman–Crippen MR) is 76.4 cm³/mol. The van der Waals surface area contributed by atoms with Crippen molar-refractivity contribution in [1.29, 1.82) is 0 Å². The lowest BCUT2D eigenvalue weighted by atomic mass is 10.2. The number of hydrogen-bond acceptors (Lipinski definition) is 3. The second kappa shape index (κ2) is 5.12. The van der Waals surface area contributed by atoms with Crippen LogP contribution in [0.4, 0.5) is 19.4 Å². The van der Waals surface area contributed by atoms with Gasteiger partial charge in [0.15, 0.2) is 5.75 Å². The van der Waals surface area contributed by atoms with Crippen molar-refractivity contribution in [2.45, 2.75) is 6.61 Å². The minimum atomic E-state index is -10.0. The molecular formula is C14H11F5O3S. The molecule has 2 rings (SSSR count). The van der Waals surface area contributed by atoms with Crippen molar-refractivity contribution in [3.05, 3.63) is 59.7 Å². The highest BCUT2D eigenvalue weighted by molar-refractivity contribution is 8.42. The Bertz CT molecular complexity index is 714. The molecule has 0 amide bonds. The van der Waals surface area contributed by atoms with Gasteiger partial charge in [-0.2, -0.15) is 0 Å². The van der Waals surface area contributed by atoms with E-state index in [1.165, 1.54) is 36.4 Å². The first-order valence-electron chi connectivity index (χ1n) is 6.16. The number of aldehydes is 1. The molecule has 0 radical (unpaired) electrons. The second-order valence-electron chi connectivity index (χ2n) is 4.56. The molecule has 0 atom stereocenters. The van der Waals surface area contributed by atoms with Gasteiger partial charge < -0.3 is 8.92 Å². The molecule has 0 heterocycles. The molecule has 0 fully saturated rings. The molecule has 0 saturated heterocycles. The van der Waals surface area contributed by atoms with Gasteiger partial charge in [0, 0.05) is 11.1 Å². The Kier molecular flexibility index (Phi) is 3.80. The molecule has 0 spiro atoms. The van der Waals surface area contributed by atoms with E-state index < -0.39 is 22.9 Å². The number of benzene rings is 2. The Balaban J connectivity index is 2.16. The first kappa shape index (κ1) is 17.1. The van der Waals surface area contributed by atoms with E-state index >= 15 is 0 Å². The molecular weight excluding hydrogens is 343 g/mol. The molecule has 23 heavy (non-hydrogen) atoms. The van der Waals surface area contributed by atoms with Crippen molar-refractivity contribution in [1.82, 2.24) is 0 Å². The fraction of sp³-hybridized carbons (Fsp3) is 0.0714. The van der Waals surface area contributed by atoms with Crippen LogP contribution in [-0.2, 0) is 6.61 Å². The van der Waals surface area contributed by atoms with E-state index in [-0.39, 0.29) is 11.3 Å². The van der Waals surface area contributed by atoms with Crippen LogP contribution in [0.5, 0.6) is 11.5 Å². The Morgan fingerprint density at radius 2 is 1.52 bits per heavy atom. The van der Waals surface area contributed by atoms with Crippen molar-refractivity contribution in [3.63, 3.8) is 0 Å². The Morgan fingerprint density at radius 3 is 2.09 bits per heavy atom. The largest absolute Gasteiger partial charge is 0.489 e. The van der Waals surface area contributed by atoms with Gasteiger partial charge in [0.05, 0.1) is 0 Å². The average molecular weight is 354 g/mol. The Hall–Kier alpha value is -2.29. The van der Waals surface area contributed by atoms with Gasteiger partial charge in [0.25, 0.3) is 0 Å². The third kappa shape index (κ3) is 5.78. The van der Waals surface area contributed by atoms with E-state index in [4.69, 9.17) is 4.74 Å². The number of carbonyl (C=O) groups is 1. The number of rotatable bonds is 6. The first-order valence-corrected chi connectivity index (χ1v) is 8.04. The number of halogens is 5. The van der Waals surface area contributed by atoms with Gasteiger partial charge in [0.2, 0.25) is 0 Å². The number of carbonyl (C=O) groups excluding carboxylic acids is 1. The molecule has 0 aliphatic rings. The molecule has 2 aromatic rings. The van der Waals surface area contributed by atoms with Crippen LogP contribution in [0.1, 0.15) is 15.9 Å². The van der Waals surface area contributed by atoms with Crippen LogP contribution in [0.25, 0.3) is 0 Å². The fourth-order valence-electron chi connectivity index (χ4n) is 1.68. The minimum absolute atomic E-state index is 0.194. The van der Waals surface area contributed by atoms with Crippen LogP contribution in [0.3, 0.4) is 0 Å². The quantitative estimate of drug-likeness (QED) is 0.495. The summed E-state index contributed by atoms with van der Waals surface area (Å²) in [5.41, 5.74) is 0.196. The van der Waals surface area contributed by atoms with Crippen LogP contribution in [0.2, 0.25) is 0 Å². The first-order chi connectivity index (χ1) is 10.5. The van der Waals surface area contributed by atoms with Gasteiger partial charge in [0.1, 0.15) is 18.6 Å². The maximum Gasteiger partial charge on any atom is 0.435 e. The van der Waals surface area contributed by atoms with E-state index in [1.54, 1.807) is 0 Å². The molecule has 0 saturated carbocycles. The van der Waals surface area contributed by atoms with Crippen LogP contribution in [0, 0.1) is 0 Å². The standard InChI is InChI=1S/C14H11F5O3S/c15-23(16,17,18,19)22-14-4-2-1-3-12(14)10-21-13-7-5-11(9-20)6-8-13/h1-9H,10H2. The minimum Gasteiger partial charge on any atom is -0.489 e. The third-order valence-corrected chi connectivity index (χ3v) is 3.12. The summed E-state index contributed by atoms with van der Waals surface area (Å²) in [6, 6.07) is 10.2. The summed E-state index contributed by atoms with van der Waals surface area (Å²) in [6.07, 6.45) is 0.613. The SMILES string of the molecule is O=Cc1ccc(OCc2ccccc2OS(F)(F)(F)(F)F)cc1. The van der Waals surface area contributed by atoms with Crippen LogP contribution in [0.15, 0.2) is 48.5 Å². The number of ether oxygens (including phenoxy) is 1. The second-order valence-corrected chi connectivity index (χ2v) is 6.53. The van der Waals surface area contributed by atoms with E-state index in [0.29, 0.717) is 11.8 Å². The van der Waals surface area contributed by atoms with Gasteiger partial charge in [-0.05, 0) is 30.3 Å². The van der Waals surface area contributed by atoms with Crippen molar-refractivity contribution in [3.8, 4) is 11.5 Å². The van der Waals surface area contributed by atoms with Crippen LogP contribution < -0.4 is 8.92 Å². The van der Waals surface area contributed by atoms with Gasteiger partial charge in [-0.15, -0.1) is 0 Å². The molecule has 9 heteroatoms. The average Bonchev–Trinajstić information content (AvgIpc) is 2.44. The topological polar surface area (TPSA) is 35.5 Å². The molecule has 2 aromatic carbocycles. The van der Waals surface area contributed by atoms with Crippen molar-refractivity contribution in [2.24, 2.45) is 0 Å². The zero-order chi connectivity index (χ0) is 17.2. The lowest BCUT2D eigenvalue weighted by Crippen LogP contribution is -2.15. The maximum atomic E-state index is 12.4. The molecule has 0 bridgehead atoms. The predicted octanol–water partition coefficient (Wildman–Crippen LogP) is 5.67. The van der Waals surface area contributed by atoms with E-state index in [0.717, 1.165) is 12.1 Å². The lowest BCUT2D eigenvalue weighted by Gasteiger charge is -2.39. The molecule has 3 nitrogen and oxygen atoms in total. The zero-order valence-corrected chi connectivity index (χ0v) is 12.2. The third-order valence-electron chi connectivity index (χ3n) is 2.63. The molecule has 0 aliphatic carbocycles. The van der Waals surface area contributed by atoms with Gasteiger partial charge >= 0.3 is 10.5 Å². The van der Waals surface area contributed by atoms with Crippen molar-refractivity contribution >= 4 is 16.8 Å². The Labute approximate surface area is 128 Å². The van der Waals surface area contributed by atoms with Crippen molar-refractivity contribution < 1.29 is 33.1 Å². The van der Waals surface area contributed by atoms with E-state index in [1.807, 2.05) is 0 Å². The highest BCUT2D eigenvalue weighted by Gasteiger charge is 2.67. The highest BCUT2D eigenvalue weighted by Crippen LogP contribution is 2.97. The zero-order valence-electron chi connectivity index (χ0n) is 11.4. The Morgan fingerprint density at radius 1 is 0.913 bits per heavy atom. The summed E-state index contributed by atoms with van der Waals surface area (Å²) >= 11 is 0. The van der Waals surface area contributed by atoms with Gasteiger partial charge in [-0.3, -0.25) is 4.79 Å². The van der Waals surface area contributed by atoms with Crippen LogP contribution >= 0.6 is 10.5 Å². The smallest absolute Gasteiger partial charge is 0.435 e. The van der Waals surface area contributed by atoms with Gasteiger partial charge in [-0.1, -0.05) is 37.6 Å². The fourth-order valence-corrected chi connectivity index (χ4v) is 2.18. The summed E-state index contributed by atoms with van der Waals surface area (Å²) in [7, 11) is -10.0. The molecule has 0 N–H and O–H groups in total. The number of hydrogen-bond donors (Lipinski definition) is 0. The normalized spacial score (nSPS) is 14.5.